The van der Waals surface area contributed by atoms with Crippen LogP contribution in [0.25, 0.3) is 121 Å². The van der Waals surface area contributed by atoms with Gasteiger partial charge in [-0.15, -0.1) is 11.3 Å². The fourth-order valence-electron chi connectivity index (χ4n) is 9.16. The second kappa shape index (κ2) is 14.1. The zero-order valence-corrected chi connectivity index (χ0v) is 34.4. The lowest BCUT2D eigenvalue weighted by molar-refractivity contribution is 0.992. The predicted molar refractivity (Wildman–Crippen MR) is 259 cm³/mol. The zero-order chi connectivity index (χ0) is 41.4. The summed E-state index contributed by atoms with van der Waals surface area (Å²) in [7, 11) is 0. The van der Waals surface area contributed by atoms with Crippen LogP contribution in [0.3, 0.4) is 0 Å². The number of fused-ring (bicyclic) bond motifs is 9. The molecule has 6 aromatic heterocycles. The van der Waals surface area contributed by atoms with E-state index in [4.69, 9.17) is 24.9 Å². The third kappa shape index (κ3) is 5.76. The summed E-state index contributed by atoms with van der Waals surface area (Å²) in [5, 5.41) is 5.74. The van der Waals surface area contributed by atoms with E-state index in [2.05, 4.69) is 161 Å². The van der Waals surface area contributed by atoms with Gasteiger partial charge in [-0.25, -0.2) is 19.9 Å². The van der Waals surface area contributed by atoms with Gasteiger partial charge in [0, 0.05) is 66.8 Å². The fraction of sp³-hybridized carbons (Fsp3) is 0. The van der Waals surface area contributed by atoms with E-state index in [0.29, 0.717) is 11.8 Å². The molecule has 0 aliphatic rings. The molecule has 8 heteroatoms. The third-order valence-electron chi connectivity index (χ3n) is 12.1. The van der Waals surface area contributed by atoms with E-state index in [-0.39, 0.29) is 0 Å². The lowest BCUT2D eigenvalue weighted by Gasteiger charge is -2.12. The highest BCUT2D eigenvalue weighted by Crippen LogP contribution is 2.39. The Morgan fingerprint density at radius 2 is 1.02 bits per heavy atom. The molecule has 13 aromatic rings. The smallest absolute Gasteiger partial charge is 0.235 e. The molecule has 63 heavy (non-hydrogen) atoms. The van der Waals surface area contributed by atoms with Crippen LogP contribution in [0, 0.1) is 0 Å². The van der Waals surface area contributed by atoms with Crippen molar-refractivity contribution in [1.29, 1.82) is 0 Å². The van der Waals surface area contributed by atoms with Gasteiger partial charge in [0.05, 0.1) is 43.7 Å². The molecule has 6 heterocycles. The van der Waals surface area contributed by atoms with Crippen molar-refractivity contribution in [3.05, 3.63) is 200 Å². The van der Waals surface area contributed by atoms with E-state index < -0.39 is 0 Å². The van der Waals surface area contributed by atoms with Gasteiger partial charge in [-0.2, -0.15) is 0 Å². The molecule has 0 bridgehead atoms. The van der Waals surface area contributed by atoms with Crippen LogP contribution in [-0.4, -0.2) is 34.1 Å². The Morgan fingerprint density at radius 3 is 1.86 bits per heavy atom. The highest BCUT2D eigenvalue weighted by Gasteiger charge is 2.20. The second-order valence-electron chi connectivity index (χ2n) is 15.7. The van der Waals surface area contributed by atoms with Crippen LogP contribution in [0.5, 0.6) is 0 Å². The van der Waals surface area contributed by atoms with E-state index >= 15 is 0 Å². The van der Waals surface area contributed by atoms with Gasteiger partial charge >= 0.3 is 0 Å². The molecule has 0 amide bonds. The first-order valence-corrected chi connectivity index (χ1v) is 21.7. The lowest BCUT2D eigenvalue weighted by Crippen LogP contribution is -2.02. The summed E-state index contributed by atoms with van der Waals surface area (Å²) in [6, 6.07) is 65.9. The van der Waals surface area contributed by atoms with E-state index in [1.807, 2.05) is 48.8 Å². The molecular formula is C55H33N7S. The molecule has 0 aliphatic carbocycles. The number of hydrogen-bond acceptors (Lipinski definition) is 6. The van der Waals surface area contributed by atoms with Crippen molar-refractivity contribution in [2.24, 2.45) is 0 Å². The molecule has 0 radical (unpaired) electrons. The number of nitrogens with zero attached hydrogens (tertiary/aromatic N) is 7. The molecule has 7 aromatic carbocycles. The number of rotatable bonds is 6. The highest BCUT2D eigenvalue weighted by molar-refractivity contribution is 7.25. The lowest BCUT2D eigenvalue weighted by atomic mass is 10.0. The minimum Gasteiger partial charge on any atom is -0.294 e. The van der Waals surface area contributed by atoms with Gasteiger partial charge in [0.15, 0.2) is 5.82 Å². The number of benzene rings is 7. The van der Waals surface area contributed by atoms with Gasteiger partial charge in [0.2, 0.25) is 5.95 Å². The van der Waals surface area contributed by atoms with Gasteiger partial charge < -0.3 is 0 Å². The molecule has 0 N–H and O–H groups in total. The van der Waals surface area contributed by atoms with Gasteiger partial charge in [0.25, 0.3) is 0 Å². The van der Waals surface area contributed by atoms with Crippen molar-refractivity contribution in [3.63, 3.8) is 0 Å². The van der Waals surface area contributed by atoms with Gasteiger partial charge in [0.1, 0.15) is 5.82 Å². The maximum Gasteiger partial charge on any atom is 0.235 e. The summed E-state index contributed by atoms with van der Waals surface area (Å²) < 4.78 is 6.87. The summed E-state index contributed by atoms with van der Waals surface area (Å²) in [6.07, 6.45) is 3.72. The summed E-state index contributed by atoms with van der Waals surface area (Å²) >= 11 is 1.76. The van der Waals surface area contributed by atoms with Gasteiger partial charge in [-0.05, 0) is 71.8 Å². The summed E-state index contributed by atoms with van der Waals surface area (Å²) in [5.41, 5.74) is 12.3. The number of pyridine rings is 1. The quantitative estimate of drug-likeness (QED) is 0.167. The van der Waals surface area contributed by atoms with Crippen LogP contribution in [-0.2, 0) is 0 Å². The average molecular weight is 824 g/mol. The normalized spacial score (nSPS) is 11.8. The number of aromatic nitrogens is 7. The summed E-state index contributed by atoms with van der Waals surface area (Å²) in [6.45, 7) is 0. The summed E-state index contributed by atoms with van der Waals surface area (Å²) in [4.78, 5) is 25.1. The number of thiophene rings is 1. The van der Waals surface area contributed by atoms with E-state index in [1.54, 1.807) is 11.3 Å². The van der Waals surface area contributed by atoms with E-state index in [9.17, 15) is 0 Å². The Kier molecular flexibility index (Phi) is 7.94. The Balaban J connectivity index is 0.961. The van der Waals surface area contributed by atoms with Crippen molar-refractivity contribution in [2.75, 3.05) is 0 Å². The molecule has 0 fully saturated rings. The van der Waals surface area contributed by atoms with Crippen LogP contribution in [0.2, 0.25) is 0 Å². The van der Waals surface area contributed by atoms with E-state index in [1.165, 1.54) is 14.8 Å². The number of para-hydroxylation sites is 2. The predicted octanol–water partition coefficient (Wildman–Crippen LogP) is 13.9. The molecule has 0 atom stereocenters. The van der Waals surface area contributed by atoms with Crippen LogP contribution in [0.15, 0.2) is 200 Å². The first-order valence-electron chi connectivity index (χ1n) is 20.9. The van der Waals surface area contributed by atoms with Crippen LogP contribution < -0.4 is 0 Å². The molecule has 7 nitrogen and oxygen atoms in total. The van der Waals surface area contributed by atoms with Crippen molar-refractivity contribution in [1.82, 2.24) is 34.1 Å². The third-order valence-corrected chi connectivity index (χ3v) is 13.2. The van der Waals surface area contributed by atoms with Crippen LogP contribution in [0.4, 0.5) is 0 Å². The Morgan fingerprint density at radius 1 is 0.349 bits per heavy atom. The molecule has 0 spiro atoms. The molecular weight excluding hydrogens is 791 g/mol. The Labute approximate surface area is 364 Å². The topological polar surface area (TPSA) is 74.3 Å². The van der Waals surface area contributed by atoms with Crippen molar-refractivity contribution in [3.8, 4) is 56.8 Å². The van der Waals surface area contributed by atoms with Gasteiger partial charge in [-0.1, -0.05) is 121 Å². The monoisotopic (exact) mass is 823 g/mol. The van der Waals surface area contributed by atoms with Gasteiger partial charge in [-0.3, -0.25) is 14.1 Å². The zero-order valence-electron chi connectivity index (χ0n) is 33.6. The Bertz CT molecular complexity index is 3870. The van der Waals surface area contributed by atoms with Crippen LogP contribution in [0.1, 0.15) is 0 Å². The average Bonchev–Trinajstić information content (AvgIpc) is 4.01. The minimum atomic E-state index is 0.625. The SMILES string of the molecule is c1ccc(-c2cc(-n3c4ccccc4c4ccc(-c5ccc6c(c5)c5ccccc5n6-c5nccc(-c6ccc7sc8cccnc8c7c6)n5)cc43)nc(-c3ccccc3)n2)cc1. The van der Waals surface area contributed by atoms with E-state index in [0.717, 1.165) is 94.2 Å². The standard InChI is InChI=1S/C55H33N7S/c1-3-12-34(13-4-1)45-33-52(60-54(58-45)35-14-5-2-6-15-35)61-46-18-9-7-16-39(46)41-24-21-37(32-49(41)61)36-22-25-48-42(30-36)40-17-8-10-19-47(40)62(48)55-57-29-27-44(59-55)38-23-26-50-43(31-38)53-51(63-50)20-11-28-56-53/h1-33H. The van der Waals surface area contributed by atoms with Crippen LogP contribution >= 0.6 is 11.3 Å². The molecule has 0 saturated heterocycles. The maximum absolute atomic E-state index is 5.26. The second-order valence-corrected chi connectivity index (χ2v) is 16.8. The van der Waals surface area contributed by atoms with Crippen molar-refractivity contribution in [2.45, 2.75) is 0 Å². The summed E-state index contributed by atoms with van der Waals surface area (Å²) in [5.74, 6) is 2.12. The molecule has 0 saturated carbocycles. The Hall–Kier alpha value is -8.33. The molecule has 0 aliphatic heterocycles. The van der Waals surface area contributed by atoms with Crippen molar-refractivity contribution < 1.29 is 0 Å². The number of hydrogen-bond donors (Lipinski definition) is 0. The first-order chi connectivity index (χ1) is 31.2. The fourth-order valence-corrected chi connectivity index (χ4v) is 10.2. The molecule has 13 rings (SSSR count). The molecule has 0 unspecified atom stereocenters. The van der Waals surface area contributed by atoms with Crippen molar-refractivity contribution >= 4 is 75.3 Å². The highest BCUT2D eigenvalue weighted by atomic mass is 32.1. The minimum absolute atomic E-state index is 0.625. The maximum atomic E-state index is 5.26. The largest absolute Gasteiger partial charge is 0.294 e. The first kappa shape index (κ1) is 35.4. The molecule has 294 valence electrons.